The van der Waals surface area contributed by atoms with Crippen LogP contribution in [0, 0.1) is 5.92 Å². The lowest BCUT2D eigenvalue weighted by atomic mass is 9.86. The molecular weight excluding hydrogens is 378 g/mol. The largest absolute Gasteiger partial charge is 0.339 e. The molecule has 160 valence electrons. The summed E-state index contributed by atoms with van der Waals surface area (Å²) < 4.78 is 1.56. The maximum atomic E-state index is 13.2. The molecule has 0 bridgehead atoms. The van der Waals surface area contributed by atoms with Gasteiger partial charge in [-0.15, -0.1) is 0 Å². The number of nitrogens with zero attached hydrogens (tertiary/aromatic N) is 3. The van der Waals surface area contributed by atoms with Crippen LogP contribution in [0.3, 0.4) is 0 Å². The van der Waals surface area contributed by atoms with Gasteiger partial charge in [0.25, 0.3) is 11.5 Å². The maximum absolute atomic E-state index is 13.2. The van der Waals surface area contributed by atoms with Crippen molar-refractivity contribution in [2.75, 3.05) is 26.2 Å². The Morgan fingerprint density at radius 2 is 1.63 bits per heavy atom. The van der Waals surface area contributed by atoms with Crippen molar-refractivity contribution in [1.82, 2.24) is 14.4 Å². The Bertz CT molecular complexity index is 983. The predicted octanol–water partition coefficient (Wildman–Crippen LogP) is 3.18. The van der Waals surface area contributed by atoms with Gasteiger partial charge in [-0.3, -0.25) is 14.4 Å². The number of carbonyl (C=O) groups is 2. The second-order valence-corrected chi connectivity index (χ2v) is 8.69. The minimum atomic E-state index is -0.187. The number of hydrogen-bond acceptors (Lipinski definition) is 3. The van der Waals surface area contributed by atoms with Gasteiger partial charge in [-0.1, -0.05) is 50.3 Å². The third-order valence-corrected chi connectivity index (χ3v) is 6.80. The van der Waals surface area contributed by atoms with E-state index in [1.807, 2.05) is 29.2 Å². The molecule has 0 unspecified atom stereocenters. The molecule has 1 saturated heterocycles. The monoisotopic (exact) mass is 409 g/mol. The molecule has 2 fully saturated rings. The molecule has 1 saturated carbocycles. The number of pyridine rings is 1. The van der Waals surface area contributed by atoms with E-state index in [-0.39, 0.29) is 17.4 Å². The number of benzene rings is 1. The number of fused-ring (bicyclic) bond motifs is 1. The zero-order valence-corrected chi connectivity index (χ0v) is 17.8. The van der Waals surface area contributed by atoms with Crippen molar-refractivity contribution < 1.29 is 9.59 Å². The average molecular weight is 410 g/mol. The van der Waals surface area contributed by atoms with Crippen LogP contribution in [0.4, 0.5) is 0 Å². The van der Waals surface area contributed by atoms with Crippen LogP contribution in [-0.4, -0.2) is 52.4 Å². The van der Waals surface area contributed by atoms with E-state index in [1.165, 1.54) is 38.2 Å². The second kappa shape index (κ2) is 9.02. The van der Waals surface area contributed by atoms with Crippen molar-refractivity contribution >= 4 is 22.7 Å². The molecule has 1 aliphatic carbocycles. The minimum absolute atomic E-state index is 0.127. The standard InChI is InChI=1S/C24H31N3O3/c1-25-21-10-6-5-9-19(21)20(17-23(25)29)24(30)27-15-13-26(14-16-27)22(28)12-11-18-7-3-2-4-8-18/h5-6,9-10,17-18H,2-4,7-8,11-16H2,1H3. The zero-order valence-electron chi connectivity index (χ0n) is 17.8. The van der Waals surface area contributed by atoms with Crippen LogP contribution in [0.2, 0.25) is 0 Å². The van der Waals surface area contributed by atoms with Gasteiger partial charge in [-0.25, -0.2) is 0 Å². The van der Waals surface area contributed by atoms with E-state index >= 15 is 0 Å². The van der Waals surface area contributed by atoms with E-state index in [0.717, 1.165) is 17.3 Å². The van der Waals surface area contributed by atoms with Crippen molar-refractivity contribution in [1.29, 1.82) is 0 Å². The number of carbonyl (C=O) groups excluding carboxylic acids is 2. The predicted molar refractivity (Wildman–Crippen MR) is 117 cm³/mol. The lowest BCUT2D eigenvalue weighted by molar-refractivity contribution is -0.133. The quantitative estimate of drug-likeness (QED) is 0.779. The summed E-state index contributed by atoms with van der Waals surface area (Å²) in [6, 6.07) is 8.93. The van der Waals surface area contributed by atoms with Gasteiger partial charge in [0.15, 0.2) is 0 Å². The first-order chi connectivity index (χ1) is 14.5. The molecule has 0 radical (unpaired) electrons. The van der Waals surface area contributed by atoms with Crippen molar-refractivity contribution in [2.45, 2.75) is 44.9 Å². The van der Waals surface area contributed by atoms with Crippen LogP contribution in [0.25, 0.3) is 10.9 Å². The van der Waals surface area contributed by atoms with Gasteiger partial charge in [-0.2, -0.15) is 0 Å². The summed E-state index contributed by atoms with van der Waals surface area (Å²) in [5, 5.41) is 0.788. The number of piperazine rings is 1. The molecule has 2 aliphatic rings. The van der Waals surface area contributed by atoms with E-state index in [0.29, 0.717) is 44.1 Å². The first-order valence-electron chi connectivity index (χ1n) is 11.2. The van der Waals surface area contributed by atoms with Crippen molar-refractivity contribution in [3.8, 4) is 0 Å². The molecule has 6 nitrogen and oxygen atoms in total. The fourth-order valence-electron chi connectivity index (χ4n) is 4.88. The van der Waals surface area contributed by atoms with E-state index in [4.69, 9.17) is 0 Å². The van der Waals surface area contributed by atoms with E-state index in [2.05, 4.69) is 0 Å². The molecule has 1 aromatic heterocycles. The van der Waals surface area contributed by atoms with Crippen LogP contribution >= 0.6 is 0 Å². The zero-order chi connectivity index (χ0) is 21.1. The smallest absolute Gasteiger partial charge is 0.254 e. The molecule has 0 N–H and O–H groups in total. The van der Waals surface area contributed by atoms with Crippen LogP contribution < -0.4 is 5.56 Å². The number of rotatable bonds is 4. The van der Waals surface area contributed by atoms with Crippen LogP contribution in [0.5, 0.6) is 0 Å². The van der Waals surface area contributed by atoms with E-state index in [1.54, 1.807) is 16.5 Å². The molecule has 0 spiro atoms. The van der Waals surface area contributed by atoms with Gasteiger partial charge >= 0.3 is 0 Å². The maximum Gasteiger partial charge on any atom is 0.254 e. The Morgan fingerprint density at radius 3 is 2.37 bits per heavy atom. The fraction of sp³-hybridized carbons (Fsp3) is 0.542. The van der Waals surface area contributed by atoms with Gasteiger partial charge in [-0.05, 0) is 18.4 Å². The van der Waals surface area contributed by atoms with Crippen molar-refractivity contribution in [3.05, 3.63) is 46.2 Å². The summed E-state index contributed by atoms with van der Waals surface area (Å²) in [6.45, 7) is 2.16. The normalized spacial score (nSPS) is 18.0. The SMILES string of the molecule is Cn1c(=O)cc(C(=O)N2CCN(C(=O)CCC3CCCCC3)CC2)c2ccccc21. The Morgan fingerprint density at radius 1 is 0.967 bits per heavy atom. The van der Waals surface area contributed by atoms with Crippen molar-refractivity contribution in [2.24, 2.45) is 13.0 Å². The Hall–Kier alpha value is -2.63. The van der Waals surface area contributed by atoms with E-state index < -0.39 is 0 Å². The molecule has 30 heavy (non-hydrogen) atoms. The highest BCUT2D eigenvalue weighted by Crippen LogP contribution is 2.27. The first kappa shape index (κ1) is 20.6. The molecule has 1 aromatic carbocycles. The third-order valence-electron chi connectivity index (χ3n) is 6.80. The average Bonchev–Trinajstić information content (AvgIpc) is 2.80. The summed E-state index contributed by atoms with van der Waals surface area (Å²) in [7, 11) is 1.72. The number of aromatic nitrogens is 1. The summed E-state index contributed by atoms with van der Waals surface area (Å²) in [5.74, 6) is 0.796. The number of para-hydroxylation sites is 1. The highest BCUT2D eigenvalue weighted by atomic mass is 16.2. The number of hydrogen-bond donors (Lipinski definition) is 0. The molecule has 6 heteroatoms. The summed E-state index contributed by atoms with van der Waals surface area (Å²) in [6.07, 6.45) is 8.09. The topological polar surface area (TPSA) is 62.6 Å². The van der Waals surface area contributed by atoms with Gasteiger partial charge in [0.2, 0.25) is 5.91 Å². The highest BCUT2D eigenvalue weighted by molar-refractivity contribution is 6.06. The van der Waals surface area contributed by atoms with E-state index in [9.17, 15) is 14.4 Å². The Balaban J connectivity index is 1.38. The van der Waals surface area contributed by atoms with Gasteiger partial charge in [0.05, 0.1) is 11.1 Å². The summed E-state index contributed by atoms with van der Waals surface area (Å²) in [5.41, 5.74) is 1.02. The van der Waals surface area contributed by atoms with Crippen LogP contribution in [0.15, 0.2) is 35.1 Å². The lowest BCUT2D eigenvalue weighted by Crippen LogP contribution is -2.50. The number of amides is 2. The molecular formula is C24H31N3O3. The Kier molecular flexibility index (Phi) is 6.21. The summed E-state index contributed by atoms with van der Waals surface area (Å²) >= 11 is 0. The molecule has 0 atom stereocenters. The van der Waals surface area contributed by atoms with Crippen molar-refractivity contribution in [3.63, 3.8) is 0 Å². The first-order valence-corrected chi connectivity index (χ1v) is 11.2. The minimum Gasteiger partial charge on any atom is -0.339 e. The fourth-order valence-corrected chi connectivity index (χ4v) is 4.88. The van der Waals surface area contributed by atoms with Gasteiger partial charge in [0.1, 0.15) is 0 Å². The molecule has 2 amide bonds. The third kappa shape index (κ3) is 4.27. The Labute approximate surface area is 177 Å². The van der Waals surface area contributed by atoms with Crippen LogP contribution in [-0.2, 0) is 11.8 Å². The van der Waals surface area contributed by atoms with Gasteiger partial charge < -0.3 is 14.4 Å². The number of aryl methyl sites for hydroxylation is 1. The highest BCUT2D eigenvalue weighted by Gasteiger charge is 2.26. The summed E-state index contributed by atoms with van der Waals surface area (Å²) in [4.78, 5) is 41.8. The van der Waals surface area contributed by atoms with Crippen LogP contribution in [0.1, 0.15) is 55.3 Å². The lowest BCUT2D eigenvalue weighted by Gasteiger charge is -2.35. The van der Waals surface area contributed by atoms with Gasteiger partial charge in [0, 0.05) is 51.1 Å². The second-order valence-electron chi connectivity index (χ2n) is 8.69. The molecule has 2 heterocycles. The molecule has 1 aliphatic heterocycles. The molecule has 2 aromatic rings. The molecule has 4 rings (SSSR count).